The molecule has 1 aliphatic rings. The van der Waals surface area contributed by atoms with Crippen LogP contribution in [-0.4, -0.2) is 52.4 Å². The van der Waals surface area contributed by atoms with Gasteiger partial charge in [0.25, 0.3) is 0 Å². The van der Waals surface area contributed by atoms with E-state index in [1.165, 1.54) is 5.56 Å². The SMILES string of the molecule is COc1cc(OC)c(C(c2ccc(Br)cc2)N2CCCNCC2)cc1OC. The van der Waals surface area contributed by atoms with Crippen LogP contribution >= 0.6 is 15.9 Å². The van der Waals surface area contributed by atoms with Gasteiger partial charge in [-0.25, -0.2) is 0 Å². The molecule has 0 bridgehead atoms. The molecule has 0 aliphatic carbocycles. The molecule has 1 atom stereocenters. The fourth-order valence-electron chi connectivity index (χ4n) is 3.62. The zero-order valence-electron chi connectivity index (χ0n) is 16.1. The molecule has 6 heteroatoms. The summed E-state index contributed by atoms with van der Waals surface area (Å²) in [5, 5.41) is 3.49. The van der Waals surface area contributed by atoms with Crippen molar-refractivity contribution < 1.29 is 14.2 Å². The van der Waals surface area contributed by atoms with Gasteiger partial charge in [-0.3, -0.25) is 4.90 Å². The average Bonchev–Trinajstić information content (AvgIpc) is 2.98. The third kappa shape index (κ3) is 4.57. The van der Waals surface area contributed by atoms with Gasteiger partial charge < -0.3 is 19.5 Å². The van der Waals surface area contributed by atoms with Crippen LogP contribution in [0.25, 0.3) is 0 Å². The number of rotatable bonds is 6. The van der Waals surface area contributed by atoms with E-state index < -0.39 is 0 Å². The molecule has 0 radical (unpaired) electrons. The van der Waals surface area contributed by atoms with Crippen molar-refractivity contribution in [3.05, 3.63) is 52.0 Å². The molecule has 3 rings (SSSR count). The second-order valence-corrected chi connectivity index (χ2v) is 7.46. The maximum absolute atomic E-state index is 5.75. The molecular weight excluding hydrogens is 408 g/mol. The van der Waals surface area contributed by atoms with Gasteiger partial charge in [0.1, 0.15) is 5.75 Å². The first-order valence-corrected chi connectivity index (χ1v) is 9.97. The van der Waals surface area contributed by atoms with Crippen LogP contribution in [0, 0.1) is 0 Å². The van der Waals surface area contributed by atoms with Gasteiger partial charge in [0.15, 0.2) is 11.5 Å². The molecule has 27 heavy (non-hydrogen) atoms. The van der Waals surface area contributed by atoms with Gasteiger partial charge in [0.2, 0.25) is 0 Å². The summed E-state index contributed by atoms with van der Waals surface area (Å²) >= 11 is 3.54. The Morgan fingerprint density at radius 2 is 1.56 bits per heavy atom. The van der Waals surface area contributed by atoms with Gasteiger partial charge in [-0.2, -0.15) is 0 Å². The van der Waals surface area contributed by atoms with Crippen LogP contribution in [0.4, 0.5) is 0 Å². The second-order valence-electron chi connectivity index (χ2n) is 6.54. The first-order valence-electron chi connectivity index (χ1n) is 9.18. The Labute approximate surface area is 169 Å². The summed E-state index contributed by atoms with van der Waals surface area (Å²) in [6, 6.07) is 12.6. The van der Waals surface area contributed by atoms with E-state index in [0.717, 1.165) is 48.4 Å². The van der Waals surface area contributed by atoms with Crippen LogP contribution in [0.3, 0.4) is 0 Å². The highest BCUT2D eigenvalue weighted by molar-refractivity contribution is 9.10. The van der Waals surface area contributed by atoms with Gasteiger partial charge in [0, 0.05) is 35.7 Å². The molecule has 1 unspecified atom stereocenters. The third-order valence-electron chi connectivity index (χ3n) is 4.96. The molecule has 1 fully saturated rings. The van der Waals surface area contributed by atoms with E-state index in [4.69, 9.17) is 14.2 Å². The minimum Gasteiger partial charge on any atom is -0.496 e. The summed E-state index contributed by atoms with van der Waals surface area (Å²) in [6.07, 6.45) is 1.11. The summed E-state index contributed by atoms with van der Waals surface area (Å²) in [7, 11) is 5.01. The van der Waals surface area contributed by atoms with E-state index >= 15 is 0 Å². The van der Waals surface area contributed by atoms with Crippen LogP contribution in [0.15, 0.2) is 40.9 Å². The van der Waals surface area contributed by atoms with Crippen LogP contribution in [-0.2, 0) is 0 Å². The zero-order chi connectivity index (χ0) is 19.2. The van der Waals surface area contributed by atoms with Crippen molar-refractivity contribution in [2.75, 3.05) is 47.5 Å². The Balaban J connectivity index is 2.12. The highest BCUT2D eigenvalue weighted by Crippen LogP contribution is 2.42. The molecule has 1 N–H and O–H groups in total. The molecule has 1 saturated heterocycles. The number of hydrogen-bond donors (Lipinski definition) is 1. The lowest BCUT2D eigenvalue weighted by Crippen LogP contribution is -2.33. The minimum absolute atomic E-state index is 0.0766. The van der Waals surface area contributed by atoms with Crippen molar-refractivity contribution in [2.24, 2.45) is 0 Å². The lowest BCUT2D eigenvalue weighted by atomic mass is 9.95. The second kappa shape index (κ2) is 9.44. The van der Waals surface area contributed by atoms with Crippen LogP contribution in [0.2, 0.25) is 0 Å². The maximum Gasteiger partial charge on any atom is 0.164 e. The third-order valence-corrected chi connectivity index (χ3v) is 5.48. The maximum atomic E-state index is 5.75. The van der Waals surface area contributed by atoms with Crippen LogP contribution in [0.1, 0.15) is 23.6 Å². The van der Waals surface area contributed by atoms with Gasteiger partial charge in [-0.1, -0.05) is 28.1 Å². The Kier molecular flexibility index (Phi) is 6.99. The van der Waals surface area contributed by atoms with Crippen molar-refractivity contribution in [2.45, 2.75) is 12.5 Å². The molecule has 0 spiro atoms. The molecule has 5 nitrogen and oxygen atoms in total. The average molecular weight is 435 g/mol. The fourth-order valence-corrected chi connectivity index (χ4v) is 3.89. The first kappa shape index (κ1) is 20.0. The van der Waals surface area contributed by atoms with E-state index in [1.807, 2.05) is 12.1 Å². The van der Waals surface area contributed by atoms with Crippen molar-refractivity contribution in [1.29, 1.82) is 0 Å². The van der Waals surface area contributed by atoms with Gasteiger partial charge in [0.05, 0.1) is 27.4 Å². The van der Waals surface area contributed by atoms with E-state index in [1.54, 1.807) is 21.3 Å². The highest BCUT2D eigenvalue weighted by atomic mass is 79.9. The predicted molar refractivity (Wildman–Crippen MR) is 111 cm³/mol. The number of halogens is 1. The molecule has 2 aromatic carbocycles. The van der Waals surface area contributed by atoms with Crippen molar-refractivity contribution >= 4 is 15.9 Å². The molecule has 2 aromatic rings. The van der Waals surface area contributed by atoms with Gasteiger partial charge in [-0.15, -0.1) is 0 Å². The normalized spacial score (nSPS) is 16.4. The first-order chi connectivity index (χ1) is 13.2. The molecule has 146 valence electrons. The van der Waals surface area contributed by atoms with Gasteiger partial charge in [-0.05, 0) is 36.7 Å². The molecule has 1 aliphatic heterocycles. The molecule has 1 heterocycles. The Morgan fingerprint density at radius 3 is 2.22 bits per heavy atom. The van der Waals surface area contributed by atoms with Gasteiger partial charge >= 0.3 is 0 Å². The summed E-state index contributed by atoms with van der Waals surface area (Å²) in [5.41, 5.74) is 2.31. The zero-order valence-corrected chi connectivity index (χ0v) is 17.7. The smallest absolute Gasteiger partial charge is 0.164 e. The number of nitrogens with one attached hydrogen (secondary N) is 1. The number of hydrogen-bond acceptors (Lipinski definition) is 5. The Morgan fingerprint density at radius 1 is 0.889 bits per heavy atom. The van der Waals surface area contributed by atoms with E-state index in [2.05, 4.69) is 50.4 Å². The summed E-state index contributed by atoms with van der Waals surface area (Å²) in [4.78, 5) is 2.51. The largest absolute Gasteiger partial charge is 0.496 e. The number of benzene rings is 2. The predicted octanol–water partition coefficient (Wildman–Crippen LogP) is 3.86. The summed E-state index contributed by atoms with van der Waals surface area (Å²) in [6.45, 7) is 4.01. The summed E-state index contributed by atoms with van der Waals surface area (Å²) in [5.74, 6) is 2.19. The lowest BCUT2D eigenvalue weighted by molar-refractivity contribution is 0.235. The molecule has 0 saturated carbocycles. The number of ether oxygens (including phenoxy) is 3. The minimum atomic E-state index is 0.0766. The number of methoxy groups -OCH3 is 3. The Hall–Kier alpha value is -1.76. The van der Waals surface area contributed by atoms with E-state index in [0.29, 0.717) is 11.5 Å². The highest BCUT2D eigenvalue weighted by Gasteiger charge is 2.27. The van der Waals surface area contributed by atoms with E-state index in [-0.39, 0.29) is 6.04 Å². The van der Waals surface area contributed by atoms with Crippen LogP contribution < -0.4 is 19.5 Å². The topological polar surface area (TPSA) is 43.0 Å². The monoisotopic (exact) mass is 434 g/mol. The molecule has 0 aromatic heterocycles. The fraction of sp³-hybridized carbons (Fsp3) is 0.429. The molecule has 0 amide bonds. The lowest BCUT2D eigenvalue weighted by Gasteiger charge is -2.32. The van der Waals surface area contributed by atoms with E-state index in [9.17, 15) is 0 Å². The summed E-state index contributed by atoms with van der Waals surface area (Å²) < 4.78 is 17.9. The number of nitrogens with zero attached hydrogens (tertiary/aromatic N) is 1. The Bertz CT molecular complexity index is 744. The standard InChI is InChI=1S/C21H27BrN2O3/c1-25-18-14-20(27-3)19(26-2)13-17(18)21(15-5-7-16(22)8-6-15)24-11-4-9-23-10-12-24/h5-8,13-14,21,23H,4,9-12H2,1-3H3. The van der Waals surface area contributed by atoms with Crippen molar-refractivity contribution in [3.63, 3.8) is 0 Å². The molecular formula is C21H27BrN2O3. The van der Waals surface area contributed by atoms with Crippen molar-refractivity contribution in [1.82, 2.24) is 10.2 Å². The van der Waals surface area contributed by atoms with Crippen molar-refractivity contribution in [3.8, 4) is 17.2 Å². The quantitative estimate of drug-likeness (QED) is 0.747. The van der Waals surface area contributed by atoms with Crippen LogP contribution in [0.5, 0.6) is 17.2 Å².